The van der Waals surface area contributed by atoms with Gasteiger partial charge in [-0.05, 0) is 37.5 Å². The number of phenols is 1. The summed E-state index contributed by atoms with van der Waals surface area (Å²) in [6.45, 7) is 1.79. The maximum absolute atomic E-state index is 12.9. The molecule has 0 radical (unpaired) electrons. The monoisotopic (exact) mass is 285 g/mol. The molecule has 6 heteroatoms. The van der Waals surface area contributed by atoms with Crippen LogP contribution in [0.1, 0.15) is 36.5 Å². The Morgan fingerprint density at radius 3 is 2.70 bits per heavy atom. The van der Waals surface area contributed by atoms with Gasteiger partial charge in [-0.2, -0.15) is 0 Å². The largest absolute Gasteiger partial charge is 0.505 e. The lowest BCUT2D eigenvalue weighted by Crippen LogP contribution is -2.42. The zero-order valence-corrected chi connectivity index (χ0v) is 11.4. The first-order valence-corrected chi connectivity index (χ1v) is 6.52. The fourth-order valence-corrected chi connectivity index (χ4v) is 1.80. The Bertz CT molecular complexity index is 466. The zero-order valence-electron chi connectivity index (χ0n) is 11.4. The molecular formula is C14H20FNO4. The van der Waals surface area contributed by atoms with Crippen LogP contribution in [0.3, 0.4) is 0 Å². The number of carbonyl (C=O) groups excluding carboxylic acids is 1. The SMILES string of the molecule is CCC(O)(CCCO)CNC(=O)c1ccc(F)c(O)c1. The third kappa shape index (κ3) is 4.47. The quantitative estimate of drug-likeness (QED) is 0.605. The maximum atomic E-state index is 12.9. The minimum absolute atomic E-state index is 0.0257. The van der Waals surface area contributed by atoms with Gasteiger partial charge in [0, 0.05) is 18.7 Å². The Kier molecular flexibility index (Phi) is 5.91. The molecule has 0 aliphatic rings. The molecule has 20 heavy (non-hydrogen) atoms. The minimum atomic E-state index is -1.08. The van der Waals surface area contributed by atoms with Crippen LogP contribution in [-0.2, 0) is 0 Å². The molecule has 0 fully saturated rings. The average Bonchev–Trinajstić information content (AvgIpc) is 2.45. The molecule has 0 saturated heterocycles. The lowest BCUT2D eigenvalue weighted by molar-refractivity contribution is 0.0212. The second-order valence-electron chi connectivity index (χ2n) is 4.75. The van der Waals surface area contributed by atoms with Gasteiger partial charge in [-0.15, -0.1) is 0 Å². The van der Waals surface area contributed by atoms with Crippen molar-refractivity contribution in [3.63, 3.8) is 0 Å². The summed E-state index contributed by atoms with van der Waals surface area (Å²) in [7, 11) is 0. The predicted octanol–water partition coefficient (Wildman–Crippen LogP) is 1.17. The van der Waals surface area contributed by atoms with Crippen molar-refractivity contribution in [2.75, 3.05) is 13.2 Å². The number of carbonyl (C=O) groups is 1. The lowest BCUT2D eigenvalue weighted by atomic mass is 9.94. The van der Waals surface area contributed by atoms with Crippen LogP contribution in [0, 0.1) is 5.82 Å². The summed E-state index contributed by atoms with van der Waals surface area (Å²) in [5, 5.41) is 30.7. The van der Waals surface area contributed by atoms with E-state index in [1.54, 1.807) is 6.92 Å². The van der Waals surface area contributed by atoms with Crippen molar-refractivity contribution in [1.82, 2.24) is 5.32 Å². The van der Waals surface area contributed by atoms with Crippen LogP contribution in [0.25, 0.3) is 0 Å². The number of hydrogen-bond donors (Lipinski definition) is 4. The van der Waals surface area contributed by atoms with Crippen molar-refractivity contribution < 1.29 is 24.5 Å². The zero-order chi connectivity index (χ0) is 15.2. The van der Waals surface area contributed by atoms with E-state index in [2.05, 4.69) is 5.32 Å². The first kappa shape index (κ1) is 16.4. The van der Waals surface area contributed by atoms with Gasteiger partial charge in [-0.3, -0.25) is 4.79 Å². The number of amides is 1. The van der Waals surface area contributed by atoms with E-state index in [1.165, 1.54) is 6.07 Å². The van der Waals surface area contributed by atoms with Crippen LogP contribution < -0.4 is 5.32 Å². The number of hydrogen-bond acceptors (Lipinski definition) is 4. The summed E-state index contributed by atoms with van der Waals surface area (Å²) in [6, 6.07) is 3.29. The molecule has 0 heterocycles. The maximum Gasteiger partial charge on any atom is 0.251 e. The molecule has 1 amide bonds. The summed E-state index contributed by atoms with van der Waals surface area (Å²) >= 11 is 0. The molecule has 112 valence electrons. The molecule has 1 atom stereocenters. The first-order chi connectivity index (χ1) is 9.41. The fraction of sp³-hybridized carbons (Fsp3) is 0.500. The van der Waals surface area contributed by atoms with Gasteiger partial charge in [0.1, 0.15) is 0 Å². The topological polar surface area (TPSA) is 89.8 Å². The Morgan fingerprint density at radius 1 is 1.45 bits per heavy atom. The van der Waals surface area contributed by atoms with Gasteiger partial charge < -0.3 is 20.6 Å². The highest BCUT2D eigenvalue weighted by molar-refractivity contribution is 5.94. The molecule has 1 unspecified atom stereocenters. The number of nitrogens with one attached hydrogen (secondary N) is 1. The standard InChI is InChI=1S/C14H20FNO4/c1-2-14(20,6-3-7-17)9-16-13(19)10-4-5-11(15)12(18)8-10/h4-5,8,17-18,20H,2-3,6-7,9H2,1H3,(H,16,19). The molecule has 0 saturated carbocycles. The van der Waals surface area contributed by atoms with Gasteiger partial charge in [0.05, 0.1) is 5.60 Å². The number of aliphatic hydroxyl groups is 2. The van der Waals surface area contributed by atoms with Gasteiger partial charge in [0.25, 0.3) is 5.91 Å². The molecule has 0 aliphatic heterocycles. The predicted molar refractivity (Wildman–Crippen MR) is 72.0 cm³/mol. The summed E-state index contributed by atoms with van der Waals surface area (Å²) in [5.41, 5.74) is -0.968. The van der Waals surface area contributed by atoms with Crippen LogP contribution >= 0.6 is 0 Å². The van der Waals surface area contributed by atoms with Crippen LogP contribution in [0.15, 0.2) is 18.2 Å². The highest BCUT2D eigenvalue weighted by atomic mass is 19.1. The van der Waals surface area contributed by atoms with Gasteiger partial charge in [-0.25, -0.2) is 4.39 Å². The van der Waals surface area contributed by atoms with Gasteiger partial charge in [-0.1, -0.05) is 6.92 Å². The average molecular weight is 285 g/mol. The molecule has 1 aromatic rings. The van der Waals surface area contributed by atoms with Crippen molar-refractivity contribution in [3.05, 3.63) is 29.6 Å². The molecule has 5 nitrogen and oxygen atoms in total. The van der Waals surface area contributed by atoms with E-state index in [1.807, 2.05) is 0 Å². The second kappa shape index (κ2) is 7.21. The van der Waals surface area contributed by atoms with E-state index in [0.29, 0.717) is 19.3 Å². The second-order valence-corrected chi connectivity index (χ2v) is 4.75. The molecule has 1 aromatic carbocycles. The lowest BCUT2D eigenvalue weighted by Gasteiger charge is -2.26. The van der Waals surface area contributed by atoms with Crippen molar-refractivity contribution in [2.24, 2.45) is 0 Å². The number of phenolic OH excluding ortho intramolecular Hbond substituents is 1. The van der Waals surface area contributed by atoms with Crippen LogP contribution in [0.4, 0.5) is 4.39 Å². The number of rotatable bonds is 7. The Hall–Kier alpha value is -1.66. The van der Waals surface area contributed by atoms with E-state index >= 15 is 0 Å². The Balaban J connectivity index is 2.63. The normalized spacial score (nSPS) is 13.8. The van der Waals surface area contributed by atoms with Crippen LogP contribution in [0.2, 0.25) is 0 Å². The van der Waals surface area contributed by atoms with Crippen molar-refractivity contribution in [2.45, 2.75) is 31.8 Å². The van der Waals surface area contributed by atoms with Crippen LogP contribution in [-0.4, -0.2) is 40.0 Å². The molecule has 1 rings (SSSR count). The minimum Gasteiger partial charge on any atom is -0.505 e. The molecule has 0 aromatic heterocycles. The molecule has 4 N–H and O–H groups in total. The van der Waals surface area contributed by atoms with E-state index in [-0.39, 0.29) is 18.7 Å². The molecular weight excluding hydrogens is 265 g/mol. The van der Waals surface area contributed by atoms with E-state index in [9.17, 15) is 19.4 Å². The van der Waals surface area contributed by atoms with Crippen molar-refractivity contribution >= 4 is 5.91 Å². The van der Waals surface area contributed by atoms with Crippen LogP contribution in [0.5, 0.6) is 5.75 Å². The third-order valence-corrected chi connectivity index (χ3v) is 3.24. The number of aliphatic hydroxyl groups excluding tert-OH is 1. The smallest absolute Gasteiger partial charge is 0.251 e. The van der Waals surface area contributed by atoms with E-state index < -0.39 is 23.1 Å². The summed E-state index contributed by atoms with van der Waals surface area (Å²) < 4.78 is 12.9. The van der Waals surface area contributed by atoms with Gasteiger partial charge in [0.15, 0.2) is 11.6 Å². The number of halogens is 1. The first-order valence-electron chi connectivity index (χ1n) is 6.52. The summed E-state index contributed by atoms with van der Waals surface area (Å²) in [6.07, 6.45) is 1.24. The molecule has 0 aliphatic carbocycles. The molecule has 0 spiro atoms. The van der Waals surface area contributed by atoms with Crippen molar-refractivity contribution in [1.29, 1.82) is 0 Å². The Morgan fingerprint density at radius 2 is 2.15 bits per heavy atom. The molecule has 0 bridgehead atoms. The van der Waals surface area contributed by atoms with Gasteiger partial charge >= 0.3 is 0 Å². The van der Waals surface area contributed by atoms with E-state index in [0.717, 1.165) is 12.1 Å². The van der Waals surface area contributed by atoms with Crippen molar-refractivity contribution in [3.8, 4) is 5.75 Å². The third-order valence-electron chi connectivity index (χ3n) is 3.24. The van der Waals surface area contributed by atoms with E-state index in [4.69, 9.17) is 5.11 Å². The number of benzene rings is 1. The van der Waals surface area contributed by atoms with Gasteiger partial charge in [0.2, 0.25) is 0 Å². The summed E-state index contributed by atoms with van der Waals surface area (Å²) in [5.74, 6) is -1.89. The fourth-order valence-electron chi connectivity index (χ4n) is 1.80. The number of aromatic hydroxyl groups is 1. The summed E-state index contributed by atoms with van der Waals surface area (Å²) in [4.78, 5) is 11.8. The Labute approximate surface area is 117 Å². The highest BCUT2D eigenvalue weighted by Gasteiger charge is 2.25. The highest BCUT2D eigenvalue weighted by Crippen LogP contribution is 2.18.